The molecule has 0 aromatic carbocycles. The highest BCUT2D eigenvalue weighted by Gasteiger charge is 2.44. The molecule has 6 N–H and O–H groups in total. The van der Waals surface area contributed by atoms with E-state index < -0.39 is 49.5 Å². The summed E-state index contributed by atoms with van der Waals surface area (Å²) in [5.41, 5.74) is 0. The molecule has 1 saturated heterocycles. The number of aliphatic hydroxyl groups excluding tert-OH is 5. The van der Waals surface area contributed by atoms with Gasteiger partial charge in [0.15, 0.2) is 6.29 Å². The second-order valence-corrected chi connectivity index (χ2v) is 24.3. The van der Waals surface area contributed by atoms with E-state index in [4.69, 9.17) is 9.47 Å². The first-order chi connectivity index (χ1) is 37.8. The topological polar surface area (TPSA) is 149 Å². The van der Waals surface area contributed by atoms with Crippen molar-refractivity contribution in [2.45, 2.75) is 403 Å². The van der Waals surface area contributed by atoms with Gasteiger partial charge in [0.1, 0.15) is 24.4 Å². The molecule has 1 aliphatic rings. The molecule has 0 bridgehead atoms. The lowest BCUT2D eigenvalue weighted by atomic mass is 9.99. The Hall–Kier alpha value is -1.07. The second kappa shape index (κ2) is 58.1. The maximum atomic E-state index is 13.1. The van der Waals surface area contributed by atoms with E-state index >= 15 is 0 Å². The quantitative estimate of drug-likeness (QED) is 0.0261. The zero-order valence-electron chi connectivity index (χ0n) is 51.3. The van der Waals surface area contributed by atoms with Crippen molar-refractivity contribution in [1.29, 1.82) is 0 Å². The minimum absolute atomic E-state index is 0.133. The van der Waals surface area contributed by atoms with Crippen LogP contribution in [0.15, 0.2) is 12.2 Å². The first kappa shape index (κ1) is 73.9. The predicted octanol–water partition coefficient (Wildman–Crippen LogP) is 18.3. The fraction of sp³-hybridized carbons (Fsp3) is 0.956. The number of hydrogen-bond acceptors (Lipinski definition) is 8. The largest absolute Gasteiger partial charge is 0.394 e. The highest BCUT2D eigenvalue weighted by atomic mass is 16.7. The Kier molecular flexibility index (Phi) is 55.8. The van der Waals surface area contributed by atoms with Crippen molar-refractivity contribution in [3.63, 3.8) is 0 Å². The van der Waals surface area contributed by atoms with Crippen LogP contribution in [0, 0.1) is 0 Å². The molecule has 458 valence electrons. The third-order valence-electron chi connectivity index (χ3n) is 16.9. The van der Waals surface area contributed by atoms with Crippen LogP contribution in [-0.4, -0.2) is 87.5 Å². The van der Waals surface area contributed by atoms with Gasteiger partial charge >= 0.3 is 0 Å². The molecule has 0 spiro atoms. The van der Waals surface area contributed by atoms with Gasteiger partial charge in [-0.05, 0) is 38.5 Å². The molecule has 0 aliphatic carbocycles. The number of unbranched alkanes of at least 4 members (excludes halogenated alkanes) is 49. The monoisotopic (exact) mass is 1090 g/mol. The van der Waals surface area contributed by atoms with Gasteiger partial charge in [0.25, 0.3) is 0 Å². The van der Waals surface area contributed by atoms with Crippen LogP contribution in [0.3, 0.4) is 0 Å². The highest BCUT2D eigenvalue weighted by molar-refractivity contribution is 5.76. The summed E-state index contributed by atoms with van der Waals surface area (Å²) in [6.45, 7) is 3.90. The third kappa shape index (κ3) is 47.2. The second-order valence-electron chi connectivity index (χ2n) is 24.3. The van der Waals surface area contributed by atoms with Crippen LogP contribution >= 0.6 is 0 Å². The van der Waals surface area contributed by atoms with Crippen molar-refractivity contribution in [1.82, 2.24) is 5.32 Å². The van der Waals surface area contributed by atoms with E-state index in [0.717, 1.165) is 38.5 Å². The van der Waals surface area contributed by atoms with E-state index in [1.54, 1.807) is 0 Å². The zero-order chi connectivity index (χ0) is 55.8. The predicted molar refractivity (Wildman–Crippen MR) is 327 cm³/mol. The summed E-state index contributed by atoms with van der Waals surface area (Å²) in [5, 5.41) is 54.9. The van der Waals surface area contributed by atoms with E-state index in [9.17, 15) is 30.3 Å². The van der Waals surface area contributed by atoms with Gasteiger partial charge in [-0.15, -0.1) is 0 Å². The maximum absolute atomic E-state index is 13.1. The molecule has 0 aromatic heterocycles. The van der Waals surface area contributed by atoms with E-state index in [2.05, 4.69) is 31.3 Å². The van der Waals surface area contributed by atoms with E-state index in [1.807, 2.05) is 0 Å². The van der Waals surface area contributed by atoms with Crippen LogP contribution in [0.5, 0.6) is 0 Å². The molecule has 7 unspecified atom stereocenters. The Labute approximate surface area is 477 Å². The normalized spacial score (nSPS) is 18.7. The first-order valence-electron chi connectivity index (χ1n) is 34.4. The molecule has 1 rings (SSSR count). The van der Waals surface area contributed by atoms with Gasteiger partial charge in [-0.3, -0.25) is 4.79 Å². The summed E-state index contributed by atoms with van der Waals surface area (Å²) in [5.74, 6) is -0.138. The number of aliphatic hydroxyl groups is 5. The summed E-state index contributed by atoms with van der Waals surface area (Å²) in [6.07, 6.45) is 67.1. The number of carbonyl (C=O) groups excluding carboxylic acids is 1. The first-order valence-corrected chi connectivity index (χ1v) is 34.4. The van der Waals surface area contributed by atoms with Crippen LogP contribution < -0.4 is 5.32 Å². The highest BCUT2D eigenvalue weighted by Crippen LogP contribution is 2.24. The van der Waals surface area contributed by atoms with E-state index in [1.165, 1.54) is 295 Å². The summed E-state index contributed by atoms with van der Waals surface area (Å²) in [6, 6.07) is -0.718. The minimum Gasteiger partial charge on any atom is -0.394 e. The Morgan fingerprint density at radius 2 is 0.727 bits per heavy atom. The fourth-order valence-corrected chi connectivity index (χ4v) is 11.5. The van der Waals surface area contributed by atoms with Gasteiger partial charge in [0, 0.05) is 6.42 Å². The summed E-state index contributed by atoms with van der Waals surface area (Å²) >= 11 is 0. The van der Waals surface area contributed by atoms with Crippen LogP contribution in [0.4, 0.5) is 0 Å². The lowest BCUT2D eigenvalue weighted by molar-refractivity contribution is -0.302. The molecular formula is C68H133NO8. The number of nitrogens with one attached hydrogen (secondary N) is 1. The van der Waals surface area contributed by atoms with E-state index in [-0.39, 0.29) is 12.5 Å². The molecule has 0 radical (unpaired) electrons. The average Bonchev–Trinajstić information content (AvgIpc) is 3.43. The SMILES string of the molecule is CCCCCCCCCC/C=C\CCCCCCCCCCCCCC(=O)NC(COC1OC(CO)C(O)C(O)C1O)C(O)CCCCCCCCCCCCCCCCCCCCCCCCCCCCCCCCC. The molecule has 1 aliphatic heterocycles. The Morgan fingerprint density at radius 1 is 0.429 bits per heavy atom. The molecule has 1 fully saturated rings. The summed E-state index contributed by atoms with van der Waals surface area (Å²) in [7, 11) is 0. The van der Waals surface area contributed by atoms with Gasteiger partial charge in [0.2, 0.25) is 5.91 Å². The number of allylic oxidation sites excluding steroid dienone is 2. The molecule has 77 heavy (non-hydrogen) atoms. The van der Waals surface area contributed by atoms with Crippen LogP contribution in [0.25, 0.3) is 0 Å². The third-order valence-corrected chi connectivity index (χ3v) is 16.9. The zero-order valence-corrected chi connectivity index (χ0v) is 51.3. The van der Waals surface area contributed by atoms with Crippen LogP contribution in [0.1, 0.15) is 361 Å². The Bertz CT molecular complexity index is 1220. The van der Waals surface area contributed by atoms with Crippen molar-refractivity contribution in [2.24, 2.45) is 0 Å². The summed E-state index contributed by atoms with van der Waals surface area (Å²) in [4.78, 5) is 13.1. The average molecular weight is 1090 g/mol. The van der Waals surface area contributed by atoms with Crippen molar-refractivity contribution in [3.8, 4) is 0 Å². The van der Waals surface area contributed by atoms with E-state index in [0.29, 0.717) is 12.8 Å². The van der Waals surface area contributed by atoms with Crippen molar-refractivity contribution in [2.75, 3.05) is 13.2 Å². The fourth-order valence-electron chi connectivity index (χ4n) is 11.5. The van der Waals surface area contributed by atoms with Gasteiger partial charge in [0.05, 0.1) is 25.4 Å². The van der Waals surface area contributed by atoms with Crippen molar-refractivity contribution >= 4 is 5.91 Å². The maximum Gasteiger partial charge on any atom is 0.220 e. The number of ether oxygens (including phenoxy) is 2. The molecule has 1 amide bonds. The van der Waals surface area contributed by atoms with Crippen LogP contribution in [-0.2, 0) is 14.3 Å². The van der Waals surface area contributed by atoms with Crippen molar-refractivity contribution in [3.05, 3.63) is 12.2 Å². The van der Waals surface area contributed by atoms with Gasteiger partial charge in [-0.1, -0.05) is 328 Å². The Morgan fingerprint density at radius 3 is 1.05 bits per heavy atom. The van der Waals surface area contributed by atoms with Gasteiger partial charge < -0.3 is 40.3 Å². The molecular weight excluding hydrogens is 959 g/mol. The molecule has 7 atom stereocenters. The standard InChI is InChI=1S/C68H133NO8/c1-3-5-7-9-11-13-15-17-19-21-23-25-27-28-29-30-31-32-33-34-36-37-39-41-43-45-47-49-51-53-55-57-62(71)61(60-76-68-67(75)66(74)65(73)63(59-70)77-68)69-64(72)58-56-54-52-50-48-46-44-42-40-38-35-26-24-22-20-18-16-14-12-10-8-6-4-2/h22,24,61-63,65-68,70-71,73-75H,3-21,23,25-60H2,1-2H3,(H,69,72)/b24-22-. The Balaban J connectivity index is 2.11. The lowest BCUT2D eigenvalue weighted by Gasteiger charge is -2.40. The number of amides is 1. The number of carbonyl (C=O) groups is 1. The molecule has 0 saturated carbocycles. The smallest absolute Gasteiger partial charge is 0.220 e. The molecule has 9 nitrogen and oxygen atoms in total. The van der Waals surface area contributed by atoms with Gasteiger partial charge in [-0.25, -0.2) is 0 Å². The summed E-state index contributed by atoms with van der Waals surface area (Å²) < 4.78 is 11.4. The van der Waals surface area contributed by atoms with Crippen LogP contribution in [0.2, 0.25) is 0 Å². The molecule has 9 heteroatoms. The van der Waals surface area contributed by atoms with Crippen molar-refractivity contribution < 1.29 is 39.8 Å². The number of rotatable bonds is 61. The minimum atomic E-state index is -1.55. The lowest BCUT2D eigenvalue weighted by Crippen LogP contribution is -2.60. The van der Waals surface area contributed by atoms with Gasteiger partial charge in [-0.2, -0.15) is 0 Å². The molecule has 0 aromatic rings. The number of hydrogen-bond donors (Lipinski definition) is 6. The molecule has 1 heterocycles.